The van der Waals surface area contributed by atoms with Crippen LogP contribution in [0.25, 0.3) is 11.3 Å². The average molecular weight is 954 g/mol. The zero-order valence-electron chi connectivity index (χ0n) is 37.2. The van der Waals surface area contributed by atoms with Crippen molar-refractivity contribution in [1.29, 1.82) is 0 Å². The molecule has 1 aliphatic heterocycles. The summed E-state index contributed by atoms with van der Waals surface area (Å²) in [7, 11) is 0. The van der Waals surface area contributed by atoms with E-state index in [-0.39, 0.29) is 101 Å². The van der Waals surface area contributed by atoms with E-state index in [2.05, 4.69) is 10.6 Å². The van der Waals surface area contributed by atoms with E-state index in [9.17, 15) is 51.0 Å². The summed E-state index contributed by atoms with van der Waals surface area (Å²) in [4.78, 5) is 77.8. The number of carbonyl (C=O) groups excluding carboxylic acids is 5. The van der Waals surface area contributed by atoms with E-state index in [1.54, 1.807) is 10.8 Å². The Bertz CT molecular complexity index is 2130. The molecule has 368 valence electrons. The number of nitrogens with two attached hydrogens (primary N) is 1. The first-order valence-corrected chi connectivity index (χ1v) is 21.0. The van der Waals surface area contributed by atoms with Crippen molar-refractivity contribution in [3.63, 3.8) is 0 Å². The van der Waals surface area contributed by atoms with Crippen LogP contribution in [0.2, 0.25) is 0 Å². The van der Waals surface area contributed by atoms with Crippen LogP contribution in [0.4, 0.5) is 22.0 Å². The maximum absolute atomic E-state index is 15.0. The highest BCUT2D eigenvalue weighted by Crippen LogP contribution is 2.39. The summed E-state index contributed by atoms with van der Waals surface area (Å²) in [5.41, 5.74) is 6.56. The lowest BCUT2D eigenvalue weighted by molar-refractivity contribution is -0.192. The van der Waals surface area contributed by atoms with Crippen molar-refractivity contribution in [1.82, 2.24) is 30.0 Å². The van der Waals surface area contributed by atoms with Crippen LogP contribution < -0.4 is 16.4 Å². The van der Waals surface area contributed by atoms with E-state index in [0.717, 1.165) is 28.7 Å². The van der Waals surface area contributed by atoms with Gasteiger partial charge in [0, 0.05) is 56.5 Å². The Morgan fingerprint density at radius 1 is 0.866 bits per heavy atom. The maximum atomic E-state index is 15.0. The van der Waals surface area contributed by atoms with E-state index in [1.807, 2.05) is 51.1 Å². The van der Waals surface area contributed by atoms with E-state index in [0.29, 0.717) is 19.0 Å². The third-order valence-corrected chi connectivity index (χ3v) is 9.62. The number of benzene rings is 2. The van der Waals surface area contributed by atoms with Gasteiger partial charge in [0.1, 0.15) is 24.1 Å². The van der Waals surface area contributed by atoms with Crippen molar-refractivity contribution in [2.45, 2.75) is 58.4 Å². The fraction of sp³-hybridized carbons (Fsp3) is 0.477. The van der Waals surface area contributed by atoms with Crippen LogP contribution in [-0.4, -0.2) is 150 Å². The molecule has 0 aliphatic carbocycles. The molecule has 2 atom stereocenters. The second-order valence-corrected chi connectivity index (χ2v) is 15.8. The summed E-state index contributed by atoms with van der Waals surface area (Å²) in [6.45, 7) is 6.93. The third kappa shape index (κ3) is 18.6. The number of aliphatic hydroxyl groups excluding tert-OH is 1. The predicted octanol–water partition coefficient (Wildman–Crippen LogP) is 2.73. The smallest absolute Gasteiger partial charge is 0.475 e. The number of halogens is 5. The number of hydrogen-bond donors (Lipinski definition) is 5. The van der Waals surface area contributed by atoms with E-state index in [4.69, 9.17) is 34.8 Å². The van der Waals surface area contributed by atoms with Gasteiger partial charge in [0.15, 0.2) is 0 Å². The van der Waals surface area contributed by atoms with Crippen LogP contribution in [-0.2, 0) is 49.5 Å². The maximum Gasteiger partial charge on any atom is 0.490 e. The van der Waals surface area contributed by atoms with Crippen molar-refractivity contribution < 1.29 is 75.1 Å². The third-order valence-electron chi connectivity index (χ3n) is 9.62. The number of carboxylic acid groups (broad SMARTS) is 1. The van der Waals surface area contributed by atoms with Gasteiger partial charge in [-0.25, -0.2) is 18.6 Å². The van der Waals surface area contributed by atoms with Gasteiger partial charge in [-0.2, -0.15) is 13.2 Å². The van der Waals surface area contributed by atoms with Crippen molar-refractivity contribution in [2.24, 2.45) is 11.1 Å². The van der Waals surface area contributed by atoms with Gasteiger partial charge in [0.05, 0.1) is 64.0 Å². The second-order valence-electron chi connectivity index (χ2n) is 15.8. The second kappa shape index (κ2) is 26.9. The first-order valence-electron chi connectivity index (χ1n) is 21.0. The van der Waals surface area contributed by atoms with Gasteiger partial charge in [-0.1, -0.05) is 51.1 Å². The van der Waals surface area contributed by atoms with Crippen LogP contribution in [0.15, 0.2) is 66.9 Å². The van der Waals surface area contributed by atoms with Crippen LogP contribution in [0, 0.1) is 17.0 Å². The van der Waals surface area contributed by atoms with Crippen LogP contribution >= 0.6 is 0 Å². The zero-order chi connectivity index (χ0) is 49.7. The standard InChI is InChI=1S/C42H55F2N7O9.C2HF3O2/c1-42(2,3)39(40-48-34(31-25-30(43)9-10-32(31)44)27-49(40)26-29-7-5-4-6-8-29)51(38(56)28-52)17-13-33(45)41(57)47-16-15-46-35(53)14-19-58-21-23-60-24-22-59-20-18-50-36(54)11-12-37(50)55;3-2(4,5)1(6)7/h4-12,25,27,33,39,52H,13-24,26,28,45H2,1-3H3,(H,46,53)(H,47,57);(H,6,7). The Kier molecular flexibility index (Phi) is 22.1. The predicted molar refractivity (Wildman–Crippen MR) is 229 cm³/mol. The lowest BCUT2D eigenvalue weighted by Crippen LogP contribution is -2.48. The van der Waals surface area contributed by atoms with Gasteiger partial charge in [0.25, 0.3) is 11.8 Å². The van der Waals surface area contributed by atoms with Crippen molar-refractivity contribution in [3.8, 4) is 11.3 Å². The van der Waals surface area contributed by atoms with E-state index in [1.165, 1.54) is 17.1 Å². The highest BCUT2D eigenvalue weighted by Gasteiger charge is 2.39. The number of aromatic nitrogens is 2. The number of aliphatic carboxylic acids is 1. The molecule has 18 nitrogen and oxygen atoms in total. The highest BCUT2D eigenvalue weighted by molar-refractivity contribution is 6.12. The van der Waals surface area contributed by atoms with Gasteiger partial charge in [-0.15, -0.1) is 0 Å². The molecule has 2 heterocycles. The van der Waals surface area contributed by atoms with Gasteiger partial charge in [-0.3, -0.25) is 28.9 Å². The number of nitrogens with one attached hydrogen (secondary N) is 2. The number of carboxylic acids is 1. The molecule has 6 N–H and O–H groups in total. The normalized spacial score (nSPS) is 13.5. The molecular formula is C44H56F5N7O11. The molecule has 0 spiro atoms. The summed E-state index contributed by atoms with van der Waals surface area (Å²) in [6, 6.07) is 10.7. The largest absolute Gasteiger partial charge is 0.490 e. The molecule has 67 heavy (non-hydrogen) atoms. The minimum Gasteiger partial charge on any atom is -0.475 e. The Balaban J connectivity index is 0.00000157. The fourth-order valence-electron chi connectivity index (χ4n) is 6.39. The number of rotatable bonds is 25. The Morgan fingerprint density at radius 2 is 1.45 bits per heavy atom. The topological polar surface area (TPSA) is 245 Å². The van der Waals surface area contributed by atoms with Crippen molar-refractivity contribution in [2.75, 3.05) is 72.4 Å². The Labute approximate surface area is 383 Å². The minimum absolute atomic E-state index is 0.0103. The van der Waals surface area contributed by atoms with Crippen LogP contribution in [0.1, 0.15) is 51.0 Å². The lowest BCUT2D eigenvalue weighted by atomic mass is 9.84. The molecular weight excluding hydrogens is 898 g/mol. The van der Waals surface area contributed by atoms with Gasteiger partial charge < -0.3 is 50.3 Å². The van der Waals surface area contributed by atoms with Gasteiger partial charge in [0.2, 0.25) is 17.7 Å². The van der Waals surface area contributed by atoms with Gasteiger partial charge in [-0.05, 0) is 35.6 Å². The molecule has 0 bridgehead atoms. The molecule has 5 amide bonds. The molecule has 23 heteroatoms. The molecule has 0 saturated heterocycles. The van der Waals surface area contributed by atoms with Gasteiger partial charge >= 0.3 is 12.1 Å². The first-order chi connectivity index (χ1) is 31.6. The number of imide groups is 1. The summed E-state index contributed by atoms with van der Waals surface area (Å²) in [6.07, 6.45) is -0.944. The first kappa shape index (κ1) is 55.2. The monoisotopic (exact) mass is 953 g/mol. The number of carbonyl (C=O) groups is 6. The molecule has 3 aromatic rings. The molecule has 0 fully saturated rings. The molecule has 2 aromatic carbocycles. The molecule has 0 saturated carbocycles. The summed E-state index contributed by atoms with van der Waals surface area (Å²) in [5.74, 6) is -5.85. The van der Waals surface area contributed by atoms with E-state index < -0.39 is 59.7 Å². The Hall–Kier alpha value is -6.14. The summed E-state index contributed by atoms with van der Waals surface area (Å²) >= 11 is 0. The van der Waals surface area contributed by atoms with Crippen molar-refractivity contribution >= 4 is 35.5 Å². The summed E-state index contributed by atoms with van der Waals surface area (Å²) < 4.78 is 79.0. The van der Waals surface area contributed by atoms with E-state index >= 15 is 0 Å². The van der Waals surface area contributed by atoms with Crippen LogP contribution in [0.3, 0.4) is 0 Å². The SMILES string of the molecule is CC(C)(C)C(c1nc(-c2cc(F)ccc2F)cn1Cc1ccccc1)N(CCC(N)C(=O)NCCNC(=O)CCOCCOCCOCCN1C(=O)C=CC1=O)C(=O)CO.O=C(O)C(F)(F)F. The molecule has 0 radical (unpaired) electrons. The number of imidazole rings is 1. The number of aliphatic hydroxyl groups is 1. The molecule has 1 aromatic heterocycles. The van der Waals surface area contributed by atoms with Crippen molar-refractivity contribution in [3.05, 3.63) is 89.9 Å². The zero-order valence-corrected chi connectivity index (χ0v) is 37.2. The molecule has 2 unspecified atom stereocenters. The molecule has 1 aliphatic rings. The highest BCUT2D eigenvalue weighted by atomic mass is 19.4. The Morgan fingerprint density at radius 3 is 2.03 bits per heavy atom. The number of alkyl halides is 3. The lowest BCUT2D eigenvalue weighted by Gasteiger charge is -2.40. The number of ether oxygens (including phenoxy) is 3. The quantitative estimate of drug-likeness (QED) is 0.0467. The average Bonchev–Trinajstić information content (AvgIpc) is 3.83. The van der Waals surface area contributed by atoms with Crippen LogP contribution in [0.5, 0.6) is 0 Å². The summed E-state index contributed by atoms with van der Waals surface area (Å²) in [5, 5.41) is 22.6. The molecule has 4 rings (SSSR count). The minimum atomic E-state index is -5.08. The number of nitrogens with zero attached hydrogens (tertiary/aromatic N) is 4. The number of hydrogen-bond acceptors (Lipinski definition) is 12. The number of amides is 5. The fourth-order valence-corrected chi connectivity index (χ4v) is 6.39.